The molecule has 1 saturated heterocycles. The van der Waals surface area contributed by atoms with Gasteiger partial charge in [-0.05, 0) is 25.5 Å². The molecule has 1 fully saturated rings. The van der Waals surface area contributed by atoms with Crippen LogP contribution in [0, 0.1) is 0 Å². The largest absolute Gasteiger partial charge is 0.491 e. The molecule has 5 nitrogen and oxygen atoms in total. The summed E-state index contributed by atoms with van der Waals surface area (Å²) in [4.78, 5) is 0. The molecule has 0 bridgehead atoms. The van der Waals surface area contributed by atoms with E-state index >= 15 is 0 Å². The zero-order valence-electron chi connectivity index (χ0n) is 11.6. The topological polar surface area (TPSA) is 75.6 Å². The number of nitrogens with one attached hydrogen (secondary N) is 1. The number of β-amino-alcohol motifs (C(OH)–C–C–N with tert-alkyl or cyclic N) is 1. The highest BCUT2D eigenvalue weighted by atomic mass is 32.2. The van der Waals surface area contributed by atoms with Crippen molar-refractivity contribution < 1.29 is 18.3 Å². The summed E-state index contributed by atoms with van der Waals surface area (Å²) in [7, 11) is -2.93. The fourth-order valence-corrected chi connectivity index (χ4v) is 4.41. The summed E-state index contributed by atoms with van der Waals surface area (Å²) in [6, 6.07) is 9.27. The Morgan fingerprint density at radius 2 is 2.10 bits per heavy atom. The summed E-state index contributed by atoms with van der Waals surface area (Å²) < 4.78 is 28.4. The van der Waals surface area contributed by atoms with Gasteiger partial charge in [-0.1, -0.05) is 18.2 Å². The SMILES string of the molecule is CC1(NCC(O)COc2ccccc2)CCS(=O)(=O)C1. The molecule has 0 radical (unpaired) electrons. The third-order valence-corrected chi connectivity index (χ3v) is 5.36. The van der Waals surface area contributed by atoms with Crippen molar-refractivity contribution in [1.82, 2.24) is 5.32 Å². The van der Waals surface area contributed by atoms with Gasteiger partial charge in [0.05, 0.1) is 11.5 Å². The van der Waals surface area contributed by atoms with E-state index in [4.69, 9.17) is 4.74 Å². The molecule has 2 atom stereocenters. The van der Waals surface area contributed by atoms with E-state index in [2.05, 4.69) is 5.32 Å². The number of para-hydroxylation sites is 1. The van der Waals surface area contributed by atoms with Gasteiger partial charge in [-0.15, -0.1) is 0 Å². The van der Waals surface area contributed by atoms with E-state index in [-0.39, 0.29) is 18.1 Å². The highest BCUT2D eigenvalue weighted by Crippen LogP contribution is 2.22. The molecule has 6 heteroatoms. The predicted octanol–water partition coefficient (Wildman–Crippen LogP) is 0.593. The number of rotatable bonds is 6. The van der Waals surface area contributed by atoms with Gasteiger partial charge < -0.3 is 15.2 Å². The van der Waals surface area contributed by atoms with Crippen molar-refractivity contribution in [3.05, 3.63) is 30.3 Å². The summed E-state index contributed by atoms with van der Waals surface area (Å²) in [5.74, 6) is 1.06. The molecule has 0 amide bonds. The predicted molar refractivity (Wildman–Crippen MR) is 77.6 cm³/mol. The van der Waals surface area contributed by atoms with Crippen LogP contribution in [0.1, 0.15) is 13.3 Å². The van der Waals surface area contributed by atoms with Crippen LogP contribution in [0.15, 0.2) is 30.3 Å². The minimum absolute atomic E-state index is 0.131. The first-order valence-corrected chi connectivity index (χ1v) is 8.52. The fraction of sp³-hybridized carbons (Fsp3) is 0.571. The van der Waals surface area contributed by atoms with Crippen LogP contribution < -0.4 is 10.1 Å². The van der Waals surface area contributed by atoms with E-state index in [1.165, 1.54) is 0 Å². The monoisotopic (exact) mass is 299 g/mol. The van der Waals surface area contributed by atoms with E-state index in [1.807, 2.05) is 37.3 Å². The number of benzene rings is 1. The van der Waals surface area contributed by atoms with Gasteiger partial charge in [0, 0.05) is 12.1 Å². The summed E-state index contributed by atoms with van der Waals surface area (Å²) >= 11 is 0. The second-order valence-corrected chi connectivity index (χ2v) is 7.75. The average molecular weight is 299 g/mol. The second-order valence-electron chi connectivity index (χ2n) is 5.56. The van der Waals surface area contributed by atoms with Gasteiger partial charge in [0.25, 0.3) is 0 Å². The molecule has 0 spiro atoms. The van der Waals surface area contributed by atoms with E-state index in [1.54, 1.807) is 0 Å². The Morgan fingerprint density at radius 3 is 2.70 bits per heavy atom. The lowest BCUT2D eigenvalue weighted by Crippen LogP contribution is -2.47. The lowest BCUT2D eigenvalue weighted by atomic mass is 10.0. The van der Waals surface area contributed by atoms with Gasteiger partial charge in [-0.25, -0.2) is 8.42 Å². The van der Waals surface area contributed by atoms with Crippen LogP contribution in [0.3, 0.4) is 0 Å². The van der Waals surface area contributed by atoms with Crippen LogP contribution in [0.2, 0.25) is 0 Å². The third-order valence-electron chi connectivity index (χ3n) is 3.45. The Hall–Kier alpha value is -1.11. The number of hydrogen-bond donors (Lipinski definition) is 2. The van der Waals surface area contributed by atoms with Crippen molar-refractivity contribution in [2.45, 2.75) is 25.0 Å². The van der Waals surface area contributed by atoms with Crippen molar-refractivity contribution in [2.24, 2.45) is 0 Å². The number of ether oxygens (including phenoxy) is 1. The fourth-order valence-electron chi connectivity index (χ4n) is 2.28. The number of aliphatic hydroxyl groups excluding tert-OH is 1. The molecule has 2 unspecified atom stereocenters. The Labute approximate surface area is 119 Å². The number of hydrogen-bond acceptors (Lipinski definition) is 5. The van der Waals surface area contributed by atoms with Gasteiger partial charge in [-0.3, -0.25) is 0 Å². The molecule has 2 rings (SSSR count). The molecule has 0 aliphatic carbocycles. The highest BCUT2D eigenvalue weighted by Gasteiger charge is 2.38. The molecule has 2 N–H and O–H groups in total. The van der Waals surface area contributed by atoms with Crippen molar-refractivity contribution in [2.75, 3.05) is 24.7 Å². The van der Waals surface area contributed by atoms with Crippen LogP contribution in [0.5, 0.6) is 5.75 Å². The quantitative estimate of drug-likeness (QED) is 0.804. The number of aliphatic hydroxyl groups is 1. The summed E-state index contributed by atoms with van der Waals surface area (Å²) in [6.07, 6.45) is -0.0861. The van der Waals surface area contributed by atoms with Crippen molar-refractivity contribution in [3.8, 4) is 5.75 Å². The van der Waals surface area contributed by atoms with Gasteiger partial charge in [-0.2, -0.15) is 0 Å². The van der Waals surface area contributed by atoms with Crippen LogP contribution in [-0.2, 0) is 9.84 Å². The summed E-state index contributed by atoms with van der Waals surface area (Å²) in [5.41, 5.74) is -0.438. The van der Waals surface area contributed by atoms with Crippen molar-refractivity contribution >= 4 is 9.84 Å². The molecule has 1 aromatic carbocycles. The van der Waals surface area contributed by atoms with Gasteiger partial charge in [0.1, 0.15) is 18.5 Å². The van der Waals surface area contributed by atoms with E-state index in [0.29, 0.717) is 18.7 Å². The van der Waals surface area contributed by atoms with Gasteiger partial charge in [0.15, 0.2) is 9.84 Å². The van der Waals surface area contributed by atoms with Crippen molar-refractivity contribution in [1.29, 1.82) is 0 Å². The van der Waals surface area contributed by atoms with Crippen LogP contribution in [0.25, 0.3) is 0 Å². The Kier molecular flexibility index (Phi) is 4.67. The molecule has 0 saturated carbocycles. The maximum Gasteiger partial charge on any atom is 0.152 e. The first kappa shape index (κ1) is 15.3. The van der Waals surface area contributed by atoms with Crippen LogP contribution in [0.4, 0.5) is 0 Å². The molecule has 0 aromatic heterocycles. The maximum absolute atomic E-state index is 11.5. The van der Waals surface area contributed by atoms with E-state index in [0.717, 1.165) is 0 Å². The molecular weight excluding hydrogens is 278 g/mol. The molecule has 20 heavy (non-hydrogen) atoms. The lowest BCUT2D eigenvalue weighted by molar-refractivity contribution is 0.0993. The smallest absolute Gasteiger partial charge is 0.152 e. The van der Waals surface area contributed by atoms with Gasteiger partial charge >= 0.3 is 0 Å². The summed E-state index contributed by atoms with van der Waals surface area (Å²) in [6.45, 7) is 2.38. The Bertz CT molecular complexity index is 531. The molecular formula is C14H21NO4S. The highest BCUT2D eigenvalue weighted by molar-refractivity contribution is 7.91. The van der Waals surface area contributed by atoms with Gasteiger partial charge in [0.2, 0.25) is 0 Å². The zero-order valence-corrected chi connectivity index (χ0v) is 12.4. The zero-order chi connectivity index (χ0) is 14.6. The Morgan fingerprint density at radius 1 is 1.40 bits per heavy atom. The van der Waals surface area contributed by atoms with Crippen LogP contribution >= 0.6 is 0 Å². The van der Waals surface area contributed by atoms with E-state index in [9.17, 15) is 13.5 Å². The maximum atomic E-state index is 11.5. The van der Waals surface area contributed by atoms with Crippen molar-refractivity contribution in [3.63, 3.8) is 0 Å². The molecule has 112 valence electrons. The normalized spacial score (nSPS) is 26.3. The third kappa shape index (κ3) is 4.47. The lowest BCUT2D eigenvalue weighted by Gasteiger charge is -2.25. The molecule has 1 aromatic rings. The second kappa shape index (κ2) is 6.11. The molecule has 1 aliphatic heterocycles. The minimum atomic E-state index is -2.93. The average Bonchev–Trinajstić information content (AvgIpc) is 2.70. The summed E-state index contributed by atoms with van der Waals surface area (Å²) in [5, 5.41) is 13.0. The Balaban J connectivity index is 1.74. The molecule has 1 heterocycles. The number of sulfone groups is 1. The minimum Gasteiger partial charge on any atom is -0.491 e. The molecule has 1 aliphatic rings. The standard InChI is InChI=1S/C14H21NO4S/c1-14(7-8-20(17,18)11-14)15-9-12(16)10-19-13-5-3-2-4-6-13/h2-6,12,15-16H,7-11H2,1H3. The first-order chi connectivity index (χ1) is 9.39. The first-order valence-electron chi connectivity index (χ1n) is 6.70. The van der Waals surface area contributed by atoms with E-state index < -0.39 is 21.5 Å². The van der Waals surface area contributed by atoms with Crippen LogP contribution in [-0.4, -0.2) is 49.8 Å².